The Balaban J connectivity index is 1.53. The normalized spacial score (nSPS) is 13.5. The molecular formula is C19H15ClF2N4O. The van der Waals surface area contributed by atoms with Gasteiger partial charge in [-0.3, -0.25) is 14.5 Å². The number of rotatable bonds is 3. The number of amides is 1. The van der Waals surface area contributed by atoms with E-state index in [1.54, 1.807) is 23.2 Å². The average Bonchev–Trinajstić information content (AvgIpc) is 3.08. The van der Waals surface area contributed by atoms with Gasteiger partial charge < -0.3 is 4.90 Å². The van der Waals surface area contributed by atoms with E-state index in [1.807, 2.05) is 4.68 Å². The van der Waals surface area contributed by atoms with E-state index in [-0.39, 0.29) is 17.4 Å². The fourth-order valence-electron chi connectivity index (χ4n) is 3.14. The number of pyridine rings is 1. The van der Waals surface area contributed by atoms with Crippen LogP contribution in [0.4, 0.5) is 8.78 Å². The van der Waals surface area contributed by atoms with E-state index in [1.165, 1.54) is 18.2 Å². The molecule has 3 aromatic rings. The number of nitrogens with zero attached hydrogens (tertiary/aromatic N) is 4. The van der Waals surface area contributed by atoms with Crippen molar-refractivity contribution in [1.29, 1.82) is 0 Å². The second-order valence-corrected chi connectivity index (χ2v) is 6.74. The van der Waals surface area contributed by atoms with Gasteiger partial charge in [0, 0.05) is 12.1 Å². The molecule has 0 atom stereocenters. The Kier molecular flexibility index (Phi) is 4.61. The molecule has 5 nitrogen and oxygen atoms in total. The lowest BCUT2D eigenvalue weighted by Gasteiger charge is -2.28. The lowest BCUT2D eigenvalue weighted by Crippen LogP contribution is -2.39. The van der Waals surface area contributed by atoms with Crippen molar-refractivity contribution in [3.05, 3.63) is 70.6 Å². The number of benzene rings is 1. The van der Waals surface area contributed by atoms with Crippen molar-refractivity contribution in [1.82, 2.24) is 19.7 Å². The Bertz CT molecular complexity index is 1000. The van der Waals surface area contributed by atoms with E-state index in [9.17, 15) is 13.6 Å². The van der Waals surface area contributed by atoms with E-state index >= 15 is 0 Å². The van der Waals surface area contributed by atoms with Crippen LogP contribution in [0.1, 0.15) is 11.3 Å². The van der Waals surface area contributed by atoms with Crippen LogP contribution in [0.15, 0.2) is 42.7 Å². The van der Waals surface area contributed by atoms with E-state index in [2.05, 4.69) is 10.1 Å². The number of carbonyl (C=O) groups is 1. The predicted molar refractivity (Wildman–Crippen MR) is 95.9 cm³/mol. The maximum atomic E-state index is 13.3. The molecular weight excluding hydrogens is 374 g/mol. The van der Waals surface area contributed by atoms with Crippen LogP contribution in [0.2, 0.25) is 5.02 Å². The van der Waals surface area contributed by atoms with Crippen molar-refractivity contribution in [2.45, 2.75) is 19.5 Å². The maximum absolute atomic E-state index is 13.3. The SMILES string of the molecule is O=C(Cc1ccc(F)c(Cl)c1)N1CCn2ncc(-c3ccc(F)cn3)c2C1. The van der Waals surface area contributed by atoms with Crippen molar-refractivity contribution in [3.8, 4) is 11.3 Å². The molecule has 1 aliphatic rings. The van der Waals surface area contributed by atoms with Gasteiger partial charge in [-0.2, -0.15) is 5.10 Å². The minimum atomic E-state index is -0.508. The number of hydrogen-bond donors (Lipinski definition) is 0. The van der Waals surface area contributed by atoms with E-state index in [0.717, 1.165) is 17.5 Å². The van der Waals surface area contributed by atoms with Gasteiger partial charge in [0.05, 0.1) is 48.3 Å². The molecule has 0 saturated heterocycles. The van der Waals surface area contributed by atoms with Crippen molar-refractivity contribution >= 4 is 17.5 Å². The summed E-state index contributed by atoms with van der Waals surface area (Å²) < 4.78 is 28.2. The first-order valence-electron chi connectivity index (χ1n) is 8.39. The van der Waals surface area contributed by atoms with Gasteiger partial charge in [-0.15, -0.1) is 0 Å². The number of fused-ring (bicyclic) bond motifs is 1. The van der Waals surface area contributed by atoms with Crippen LogP contribution in [0.5, 0.6) is 0 Å². The summed E-state index contributed by atoms with van der Waals surface area (Å²) >= 11 is 5.79. The molecule has 1 aliphatic heterocycles. The van der Waals surface area contributed by atoms with Crippen molar-refractivity contribution in [2.75, 3.05) is 6.54 Å². The lowest BCUT2D eigenvalue weighted by atomic mass is 10.1. The summed E-state index contributed by atoms with van der Waals surface area (Å²) in [6.07, 6.45) is 2.98. The first-order chi connectivity index (χ1) is 13.0. The number of hydrogen-bond acceptors (Lipinski definition) is 3. The molecule has 0 radical (unpaired) electrons. The Morgan fingerprint density at radius 2 is 2.00 bits per heavy atom. The third-order valence-electron chi connectivity index (χ3n) is 4.57. The topological polar surface area (TPSA) is 51.0 Å². The van der Waals surface area contributed by atoms with Crippen molar-refractivity contribution < 1.29 is 13.6 Å². The fourth-order valence-corrected chi connectivity index (χ4v) is 3.35. The van der Waals surface area contributed by atoms with Gasteiger partial charge >= 0.3 is 0 Å². The molecule has 0 bridgehead atoms. The van der Waals surface area contributed by atoms with Gasteiger partial charge in [0.15, 0.2) is 0 Å². The summed E-state index contributed by atoms with van der Waals surface area (Å²) in [5.74, 6) is -0.996. The maximum Gasteiger partial charge on any atom is 0.227 e. The fraction of sp³-hybridized carbons (Fsp3) is 0.211. The van der Waals surface area contributed by atoms with Gasteiger partial charge in [-0.1, -0.05) is 17.7 Å². The summed E-state index contributed by atoms with van der Waals surface area (Å²) in [7, 11) is 0. The van der Waals surface area contributed by atoms with Gasteiger partial charge in [-0.05, 0) is 29.8 Å². The Hall–Kier alpha value is -2.80. The van der Waals surface area contributed by atoms with Crippen LogP contribution < -0.4 is 0 Å². The molecule has 0 fully saturated rings. The van der Waals surface area contributed by atoms with Gasteiger partial charge in [-0.25, -0.2) is 8.78 Å². The molecule has 1 aromatic carbocycles. The van der Waals surface area contributed by atoms with Crippen molar-refractivity contribution in [2.24, 2.45) is 0 Å². The second-order valence-electron chi connectivity index (χ2n) is 6.33. The molecule has 0 aliphatic carbocycles. The molecule has 4 rings (SSSR count). The molecule has 27 heavy (non-hydrogen) atoms. The summed E-state index contributed by atoms with van der Waals surface area (Å²) in [5.41, 5.74) is 2.89. The molecule has 1 amide bonds. The molecule has 8 heteroatoms. The summed E-state index contributed by atoms with van der Waals surface area (Å²) in [4.78, 5) is 18.5. The van der Waals surface area contributed by atoms with E-state index < -0.39 is 11.6 Å². The molecule has 0 unspecified atom stereocenters. The quantitative estimate of drug-likeness (QED) is 0.690. The zero-order valence-corrected chi connectivity index (χ0v) is 15.0. The third kappa shape index (κ3) is 3.55. The van der Waals surface area contributed by atoms with Gasteiger partial charge in [0.25, 0.3) is 0 Å². The Morgan fingerprint density at radius 1 is 1.15 bits per heavy atom. The van der Waals surface area contributed by atoms with Crippen LogP contribution in [0.3, 0.4) is 0 Å². The van der Waals surface area contributed by atoms with Crippen LogP contribution in [-0.2, 0) is 24.3 Å². The Morgan fingerprint density at radius 3 is 2.74 bits per heavy atom. The summed E-state index contributed by atoms with van der Waals surface area (Å²) in [5, 5.41) is 4.34. The second kappa shape index (κ2) is 7.08. The van der Waals surface area contributed by atoms with Crippen molar-refractivity contribution in [3.63, 3.8) is 0 Å². The third-order valence-corrected chi connectivity index (χ3v) is 4.86. The zero-order chi connectivity index (χ0) is 19.0. The molecule has 138 valence electrons. The number of aromatic nitrogens is 3. The average molecular weight is 389 g/mol. The molecule has 0 spiro atoms. The highest BCUT2D eigenvalue weighted by Crippen LogP contribution is 2.26. The standard InChI is InChI=1S/C19H15ClF2N4O/c20-15-7-12(1-3-16(15)22)8-19(27)25-5-6-26-18(11-25)14(10-24-26)17-4-2-13(21)9-23-17/h1-4,7,9-10H,5-6,8,11H2. The molecule has 0 saturated carbocycles. The lowest BCUT2D eigenvalue weighted by molar-refractivity contribution is -0.131. The minimum Gasteiger partial charge on any atom is -0.335 e. The number of carbonyl (C=O) groups excluding carboxylic acids is 1. The Labute approximate surface area is 159 Å². The van der Waals surface area contributed by atoms with Crippen LogP contribution in [0.25, 0.3) is 11.3 Å². The molecule has 3 heterocycles. The zero-order valence-electron chi connectivity index (χ0n) is 14.2. The van der Waals surface area contributed by atoms with Gasteiger partial charge in [0.1, 0.15) is 11.6 Å². The first kappa shape index (κ1) is 17.6. The summed E-state index contributed by atoms with van der Waals surface area (Å²) in [6, 6.07) is 7.22. The number of halogens is 3. The molecule has 2 aromatic heterocycles. The smallest absolute Gasteiger partial charge is 0.227 e. The largest absolute Gasteiger partial charge is 0.335 e. The predicted octanol–water partition coefficient (Wildman–Crippen LogP) is 3.46. The van der Waals surface area contributed by atoms with Crippen LogP contribution in [-0.4, -0.2) is 32.1 Å². The summed E-state index contributed by atoms with van der Waals surface area (Å²) in [6.45, 7) is 1.47. The van der Waals surface area contributed by atoms with Crippen LogP contribution >= 0.6 is 11.6 Å². The first-order valence-corrected chi connectivity index (χ1v) is 8.77. The highest BCUT2D eigenvalue weighted by Gasteiger charge is 2.25. The monoisotopic (exact) mass is 388 g/mol. The molecule has 0 N–H and O–H groups in total. The van der Waals surface area contributed by atoms with E-state index in [0.29, 0.717) is 30.9 Å². The highest BCUT2D eigenvalue weighted by molar-refractivity contribution is 6.30. The minimum absolute atomic E-state index is 0.00157. The van der Waals surface area contributed by atoms with Crippen LogP contribution in [0, 0.1) is 11.6 Å². The van der Waals surface area contributed by atoms with E-state index in [4.69, 9.17) is 11.6 Å². The highest BCUT2D eigenvalue weighted by atomic mass is 35.5. The van der Waals surface area contributed by atoms with Gasteiger partial charge in [0.2, 0.25) is 5.91 Å².